The van der Waals surface area contributed by atoms with Gasteiger partial charge < -0.3 is 11.1 Å². The second kappa shape index (κ2) is 7.51. The van der Waals surface area contributed by atoms with Gasteiger partial charge in [-0.2, -0.15) is 0 Å². The molecule has 1 unspecified atom stereocenters. The van der Waals surface area contributed by atoms with Crippen LogP contribution in [-0.4, -0.2) is 64.4 Å². The normalized spacial score (nSPS) is 17.6. The molecule has 0 fully saturated rings. The lowest BCUT2D eigenvalue weighted by Gasteiger charge is -2.29. The van der Waals surface area contributed by atoms with Crippen LogP contribution in [0.1, 0.15) is 12.8 Å². The third-order valence-electron chi connectivity index (χ3n) is 3.67. The third kappa shape index (κ3) is 4.37. The number of nitrogens with one attached hydrogen (secondary N) is 1. The molecular formula is C15H16N4O6. The number of amides is 6. The van der Waals surface area contributed by atoms with Gasteiger partial charge in [0.1, 0.15) is 0 Å². The molecule has 10 heteroatoms. The van der Waals surface area contributed by atoms with Crippen LogP contribution in [0.4, 0.5) is 0 Å². The molecule has 1 atom stereocenters. The zero-order valence-electron chi connectivity index (χ0n) is 13.1. The first-order valence-corrected chi connectivity index (χ1v) is 7.43. The lowest BCUT2D eigenvalue weighted by molar-refractivity contribution is -0.145. The number of rotatable bonds is 8. The first-order valence-electron chi connectivity index (χ1n) is 7.43. The van der Waals surface area contributed by atoms with Crippen molar-refractivity contribution < 1.29 is 28.8 Å². The van der Waals surface area contributed by atoms with Crippen molar-refractivity contribution in [1.29, 1.82) is 0 Å². The summed E-state index contributed by atoms with van der Waals surface area (Å²) >= 11 is 0. The van der Waals surface area contributed by atoms with Gasteiger partial charge in [-0.25, -0.2) is 0 Å². The van der Waals surface area contributed by atoms with E-state index >= 15 is 0 Å². The molecule has 2 aliphatic heterocycles. The lowest BCUT2D eigenvalue weighted by Crippen LogP contribution is -2.49. The molecule has 6 amide bonds. The Kier molecular flexibility index (Phi) is 5.42. The summed E-state index contributed by atoms with van der Waals surface area (Å²) < 4.78 is 0. The van der Waals surface area contributed by atoms with Gasteiger partial charge in [0.15, 0.2) is 0 Å². The van der Waals surface area contributed by atoms with Crippen LogP contribution in [-0.2, 0) is 28.8 Å². The summed E-state index contributed by atoms with van der Waals surface area (Å²) in [5.41, 5.74) is 4.92. The monoisotopic (exact) mass is 348 g/mol. The van der Waals surface area contributed by atoms with Gasteiger partial charge in [-0.05, 0) is 6.42 Å². The third-order valence-corrected chi connectivity index (χ3v) is 3.67. The van der Waals surface area contributed by atoms with E-state index in [0.717, 1.165) is 34.1 Å². The van der Waals surface area contributed by atoms with Crippen molar-refractivity contribution in [1.82, 2.24) is 15.1 Å². The zero-order chi connectivity index (χ0) is 18.6. The largest absolute Gasteiger partial charge is 0.368 e. The highest BCUT2D eigenvalue weighted by atomic mass is 16.2. The van der Waals surface area contributed by atoms with Gasteiger partial charge in [-0.1, -0.05) is 0 Å². The number of carbonyl (C=O) groups is 6. The molecule has 0 radical (unpaired) electrons. The summed E-state index contributed by atoms with van der Waals surface area (Å²) in [7, 11) is 0. The van der Waals surface area contributed by atoms with Gasteiger partial charge in [0.2, 0.25) is 11.8 Å². The van der Waals surface area contributed by atoms with Gasteiger partial charge in [0.05, 0.1) is 19.1 Å². The summed E-state index contributed by atoms with van der Waals surface area (Å²) in [6.07, 6.45) is 4.22. The number of hydrogen-bond acceptors (Lipinski definition) is 6. The van der Waals surface area contributed by atoms with Gasteiger partial charge in [0.25, 0.3) is 23.6 Å². The average molecular weight is 348 g/mol. The van der Waals surface area contributed by atoms with E-state index in [0.29, 0.717) is 0 Å². The Morgan fingerprint density at radius 3 is 2.00 bits per heavy atom. The van der Waals surface area contributed by atoms with Crippen LogP contribution in [0.25, 0.3) is 0 Å². The fourth-order valence-corrected chi connectivity index (χ4v) is 2.47. The van der Waals surface area contributed by atoms with Gasteiger partial charge >= 0.3 is 0 Å². The summed E-state index contributed by atoms with van der Waals surface area (Å²) in [5.74, 6) is -3.49. The van der Waals surface area contributed by atoms with Crippen LogP contribution >= 0.6 is 0 Å². The Labute approximate surface area is 142 Å². The fourth-order valence-electron chi connectivity index (χ4n) is 2.47. The number of carbonyl (C=O) groups excluding carboxylic acids is 6. The van der Waals surface area contributed by atoms with Crippen LogP contribution in [0.3, 0.4) is 0 Å². The van der Waals surface area contributed by atoms with Crippen LogP contribution < -0.4 is 11.1 Å². The molecule has 0 aromatic carbocycles. The fraction of sp³-hybridized carbons (Fsp3) is 0.333. The Balaban J connectivity index is 2.04. The minimum atomic E-state index is -0.859. The summed E-state index contributed by atoms with van der Waals surface area (Å²) in [6.45, 7) is -0.549. The minimum Gasteiger partial charge on any atom is -0.368 e. The number of nitrogens with zero attached hydrogens (tertiary/aromatic N) is 2. The zero-order valence-corrected chi connectivity index (χ0v) is 13.1. The van der Waals surface area contributed by atoms with E-state index in [4.69, 9.17) is 5.73 Å². The van der Waals surface area contributed by atoms with Crippen molar-refractivity contribution in [2.75, 3.05) is 13.1 Å². The number of nitrogens with two attached hydrogens (primary N) is 1. The standard InChI is InChI=1S/C15H16N4O6/c16-10(20)7-17-11(21)2-1-9(19-14(24)5-6-15(19)25)8-18-12(22)3-4-13(18)23/h3-6,9H,1-2,7-8H2,(H2,16,20)(H,17,21). The molecule has 2 aliphatic rings. The molecular weight excluding hydrogens is 332 g/mol. The molecule has 0 spiro atoms. The molecule has 0 saturated heterocycles. The molecule has 10 nitrogen and oxygen atoms in total. The van der Waals surface area contributed by atoms with Crippen LogP contribution in [0, 0.1) is 0 Å². The maximum Gasteiger partial charge on any atom is 0.253 e. The van der Waals surface area contributed by atoms with Crippen LogP contribution in [0.15, 0.2) is 24.3 Å². The Morgan fingerprint density at radius 1 is 0.960 bits per heavy atom. The molecule has 2 heterocycles. The van der Waals surface area contributed by atoms with Crippen molar-refractivity contribution in [3.63, 3.8) is 0 Å². The molecule has 0 bridgehead atoms. The Morgan fingerprint density at radius 2 is 1.48 bits per heavy atom. The number of primary amides is 1. The average Bonchev–Trinajstić information content (AvgIpc) is 3.05. The van der Waals surface area contributed by atoms with E-state index in [-0.39, 0.29) is 25.9 Å². The molecule has 132 valence electrons. The van der Waals surface area contributed by atoms with E-state index in [1.165, 1.54) is 0 Å². The molecule has 0 aromatic heterocycles. The van der Waals surface area contributed by atoms with E-state index < -0.39 is 41.5 Å². The van der Waals surface area contributed by atoms with E-state index in [1.807, 2.05) is 0 Å². The van der Waals surface area contributed by atoms with Gasteiger partial charge in [-0.15, -0.1) is 0 Å². The summed E-state index contributed by atoms with van der Waals surface area (Å²) in [4.78, 5) is 71.3. The summed E-state index contributed by atoms with van der Waals surface area (Å²) in [6, 6.07) is -0.859. The van der Waals surface area contributed by atoms with Crippen LogP contribution in [0.5, 0.6) is 0 Å². The lowest BCUT2D eigenvalue weighted by atomic mass is 10.1. The number of imide groups is 2. The molecule has 3 N–H and O–H groups in total. The molecule has 0 saturated carbocycles. The van der Waals surface area contributed by atoms with Gasteiger partial charge in [-0.3, -0.25) is 38.6 Å². The maximum absolute atomic E-state index is 11.9. The topological polar surface area (TPSA) is 147 Å². The molecule has 25 heavy (non-hydrogen) atoms. The van der Waals surface area contributed by atoms with Crippen LogP contribution in [0.2, 0.25) is 0 Å². The Hall–Kier alpha value is -3.30. The highest BCUT2D eigenvalue weighted by molar-refractivity contribution is 6.14. The first-order chi connectivity index (χ1) is 11.8. The molecule has 2 rings (SSSR count). The van der Waals surface area contributed by atoms with Crippen molar-refractivity contribution >= 4 is 35.4 Å². The maximum atomic E-state index is 11.9. The van der Waals surface area contributed by atoms with Gasteiger partial charge in [0, 0.05) is 30.7 Å². The summed E-state index contributed by atoms with van der Waals surface area (Å²) in [5, 5.41) is 2.28. The first kappa shape index (κ1) is 18.0. The molecule has 0 aromatic rings. The van der Waals surface area contributed by atoms with Crippen molar-refractivity contribution in [2.45, 2.75) is 18.9 Å². The molecule has 0 aliphatic carbocycles. The quantitative estimate of drug-likeness (QED) is 0.467. The van der Waals surface area contributed by atoms with Crippen molar-refractivity contribution in [2.24, 2.45) is 5.73 Å². The van der Waals surface area contributed by atoms with E-state index in [1.54, 1.807) is 0 Å². The predicted octanol–water partition coefficient (Wildman–Crippen LogP) is -2.41. The second-order valence-electron chi connectivity index (χ2n) is 5.44. The highest BCUT2D eigenvalue weighted by Crippen LogP contribution is 2.17. The minimum absolute atomic E-state index is 0.0147. The Bertz CT molecular complexity index is 675. The second-order valence-corrected chi connectivity index (χ2v) is 5.44. The number of hydrogen-bond donors (Lipinski definition) is 2. The SMILES string of the molecule is NC(=O)CNC(=O)CCC(CN1C(=O)C=CC1=O)N1C(=O)C=CC1=O. The van der Waals surface area contributed by atoms with E-state index in [2.05, 4.69) is 5.32 Å². The van der Waals surface area contributed by atoms with Crippen molar-refractivity contribution in [3.05, 3.63) is 24.3 Å². The van der Waals surface area contributed by atoms with E-state index in [9.17, 15) is 28.8 Å². The predicted molar refractivity (Wildman–Crippen MR) is 82.1 cm³/mol. The smallest absolute Gasteiger partial charge is 0.253 e. The van der Waals surface area contributed by atoms with Crippen molar-refractivity contribution in [3.8, 4) is 0 Å². The highest BCUT2D eigenvalue weighted by Gasteiger charge is 2.35.